The van der Waals surface area contributed by atoms with Crippen LogP contribution in [0, 0.1) is 5.92 Å². The van der Waals surface area contributed by atoms with E-state index in [2.05, 4.69) is 21.2 Å². The van der Waals surface area contributed by atoms with Gasteiger partial charge in [0.2, 0.25) is 5.91 Å². The molecule has 5 nitrogen and oxygen atoms in total. The lowest BCUT2D eigenvalue weighted by atomic mass is 9.95. The minimum absolute atomic E-state index is 0.0199. The van der Waals surface area contributed by atoms with Gasteiger partial charge in [-0.15, -0.1) is 0 Å². The number of hydrogen-bond donors (Lipinski definition) is 2. The van der Waals surface area contributed by atoms with Gasteiger partial charge in [0, 0.05) is 4.47 Å². The number of anilines is 1. The third-order valence-electron chi connectivity index (χ3n) is 3.76. The number of amides is 1. The number of nitrogens with one attached hydrogen (secondary N) is 1. The van der Waals surface area contributed by atoms with Crippen LogP contribution in [-0.4, -0.2) is 24.7 Å². The highest BCUT2D eigenvalue weighted by molar-refractivity contribution is 9.10. The maximum absolute atomic E-state index is 12.4. The summed E-state index contributed by atoms with van der Waals surface area (Å²) in [5.41, 5.74) is 1.32. The maximum atomic E-state index is 12.4. The molecule has 3 rings (SSSR count). The Labute approximate surface area is 142 Å². The summed E-state index contributed by atoms with van der Waals surface area (Å²) in [5.74, 6) is 1.03. The molecule has 0 spiro atoms. The summed E-state index contributed by atoms with van der Waals surface area (Å²) in [6.07, 6.45) is 0.565. The molecule has 0 aromatic heterocycles. The summed E-state index contributed by atoms with van der Waals surface area (Å²) >= 11 is 3.27. The second-order valence-corrected chi connectivity index (χ2v) is 6.25. The number of halogens is 1. The standard InChI is InChI=1S/C17H16BrNO4/c1-22-13-3-5-16-10(7-13)6-11(9-23-16)17(21)19-14-4-2-12(18)8-15(14)20/h2-5,7-8,11,20H,6,9H2,1H3,(H,19,21)/t11-/m1/s1. The van der Waals surface area contributed by atoms with E-state index in [1.807, 2.05) is 18.2 Å². The van der Waals surface area contributed by atoms with E-state index in [1.165, 1.54) is 6.07 Å². The second kappa shape index (κ2) is 6.50. The van der Waals surface area contributed by atoms with E-state index in [-0.39, 0.29) is 17.6 Å². The van der Waals surface area contributed by atoms with Crippen LogP contribution in [0.1, 0.15) is 5.56 Å². The molecule has 1 atom stereocenters. The first-order valence-electron chi connectivity index (χ1n) is 7.16. The number of methoxy groups -OCH3 is 1. The molecule has 1 aliphatic rings. The van der Waals surface area contributed by atoms with Gasteiger partial charge in [-0.25, -0.2) is 0 Å². The summed E-state index contributed by atoms with van der Waals surface area (Å²) in [5, 5.41) is 12.6. The Morgan fingerprint density at radius 2 is 2.17 bits per heavy atom. The average molecular weight is 378 g/mol. The molecule has 6 heteroatoms. The number of ether oxygens (including phenoxy) is 2. The van der Waals surface area contributed by atoms with Crippen LogP contribution in [0.25, 0.3) is 0 Å². The Kier molecular flexibility index (Phi) is 4.43. The van der Waals surface area contributed by atoms with Gasteiger partial charge in [-0.05, 0) is 48.4 Å². The van der Waals surface area contributed by atoms with E-state index in [9.17, 15) is 9.90 Å². The van der Waals surface area contributed by atoms with Gasteiger partial charge in [0.05, 0.1) is 18.7 Å². The predicted molar refractivity (Wildman–Crippen MR) is 90.1 cm³/mol. The number of aromatic hydroxyl groups is 1. The van der Waals surface area contributed by atoms with E-state index in [0.717, 1.165) is 21.5 Å². The molecule has 2 aromatic rings. The van der Waals surface area contributed by atoms with Crippen LogP contribution in [0.3, 0.4) is 0 Å². The highest BCUT2D eigenvalue weighted by Crippen LogP contribution is 2.32. The van der Waals surface area contributed by atoms with Crippen molar-refractivity contribution in [3.63, 3.8) is 0 Å². The van der Waals surface area contributed by atoms with Crippen LogP contribution < -0.4 is 14.8 Å². The first-order chi connectivity index (χ1) is 11.1. The van der Waals surface area contributed by atoms with Crippen molar-refractivity contribution < 1.29 is 19.4 Å². The van der Waals surface area contributed by atoms with Crippen molar-refractivity contribution in [2.75, 3.05) is 19.0 Å². The highest BCUT2D eigenvalue weighted by atomic mass is 79.9. The Morgan fingerprint density at radius 1 is 1.35 bits per heavy atom. The zero-order chi connectivity index (χ0) is 16.4. The predicted octanol–water partition coefficient (Wildman–Crippen LogP) is 3.35. The first-order valence-corrected chi connectivity index (χ1v) is 7.95. The number of carbonyl (C=O) groups is 1. The summed E-state index contributed by atoms with van der Waals surface area (Å²) < 4.78 is 11.6. The molecule has 0 unspecified atom stereocenters. The van der Waals surface area contributed by atoms with Gasteiger partial charge in [-0.3, -0.25) is 4.79 Å². The van der Waals surface area contributed by atoms with Crippen molar-refractivity contribution in [3.8, 4) is 17.2 Å². The fourth-order valence-electron chi connectivity index (χ4n) is 2.51. The zero-order valence-corrected chi connectivity index (χ0v) is 14.1. The molecule has 1 amide bonds. The molecule has 2 N–H and O–H groups in total. The van der Waals surface area contributed by atoms with Crippen LogP contribution >= 0.6 is 15.9 Å². The fraction of sp³-hybridized carbons (Fsp3) is 0.235. The number of carbonyl (C=O) groups excluding carboxylic acids is 1. The minimum atomic E-state index is -0.322. The Morgan fingerprint density at radius 3 is 2.91 bits per heavy atom. The number of hydrogen-bond acceptors (Lipinski definition) is 4. The normalized spacial score (nSPS) is 16.2. The van der Waals surface area contributed by atoms with Crippen molar-refractivity contribution in [1.29, 1.82) is 0 Å². The molecule has 0 fully saturated rings. The summed E-state index contributed by atoms with van der Waals surface area (Å²) in [7, 11) is 1.60. The van der Waals surface area contributed by atoms with Crippen molar-refractivity contribution in [3.05, 3.63) is 46.4 Å². The molecule has 0 saturated carbocycles. The van der Waals surface area contributed by atoms with Gasteiger partial charge >= 0.3 is 0 Å². The summed E-state index contributed by atoms with van der Waals surface area (Å²) in [4.78, 5) is 12.4. The smallest absolute Gasteiger partial charge is 0.231 e. The molecular weight excluding hydrogens is 362 g/mol. The van der Waals surface area contributed by atoms with Crippen LogP contribution in [0.4, 0.5) is 5.69 Å². The third-order valence-corrected chi connectivity index (χ3v) is 4.26. The molecule has 1 aliphatic heterocycles. The Bertz CT molecular complexity index is 747. The lowest BCUT2D eigenvalue weighted by Crippen LogP contribution is -2.32. The first kappa shape index (κ1) is 15.7. The van der Waals surface area contributed by atoms with Gasteiger partial charge in [-0.1, -0.05) is 15.9 Å². The molecule has 0 radical (unpaired) electrons. The number of fused-ring (bicyclic) bond motifs is 1. The lowest BCUT2D eigenvalue weighted by Gasteiger charge is -2.25. The van der Waals surface area contributed by atoms with E-state index < -0.39 is 0 Å². The fourth-order valence-corrected chi connectivity index (χ4v) is 2.86. The molecule has 1 heterocycles. The van der Waals surface area contributed by atoms with Gasteiger partial charge in [-0.2, -0.15) is 0 Å². The SMILES string of the molecule is COc1ccc2c(c1)C[C@@H](C(=O)Nc1ccc(Br)cc1O)CO2. The number of phenolic OH excluding ortho intramolecular Hbond substituents is 1. The quantitative estimate of drug-likeness (QED) is 0.804. The molecule has 0 saturated heterocycles. The van der Waals surface area contributed by atoms with Crippen molar-refractivity contribution in [2.45, 2.75) is 6.42 Å². The molecule has 23 heavy (non-hydrogen) atoms. The lowest BCUT2D eigenvalue weighted by molar-refractivity contribution is -0.121. The van der Waals surface area contributed by atoms with Crippen molar-refractivity contribution in [1.82, 2.24) is 0 Å². The molecular formula is C17H16BrNO4. The van der Waals surface area contributed by atoms with Crippen molar-refractivity contribution >= 4 is 27.5 Å². The van der Waals surface area contributed by atoms with E-state index in [1.54, 1.807) is 19.2 Å². The van der Waals surface area contributed by atoms with Gasteiger partial charge in [0.25, 0.3) is 0 Å². The summed E-state index contributed by atoms with van der Waals surface area (Å²) in [6, 6.07) is 10.5. The largest absolute Gasteiger partial charge is 0.506 e. The van der Waals surface area contributed by atoms with Crippen LogP contribution in [0.5, 0.6) is 17.2 Å². The van der Waals surface area contributed by atoms with E-state index in [4.69, 9.17) is 9.47 Å². The second-order valence-electron chi connectivity index (χ2n) is 5.34. The third kappa shape index (κ3) is 3.42. The molecule has 0 bridgehead atoms. The van der Waals surface area contributed by atoms with Crippen LogP contribution in [-0.2, 0) is 11.2 Å². The van der Waals surface area contributed by atoms with Gasteiger partial charge < -0.3 is 19.9 Å². The zero-order valence-electron chi connectivity index (χ0n) is 12.5. The Hall–Kier alpha value is -2.21. The van der Waals surface area contributed by atoms with Gasteiger partial charge in [0.1, 0.15) is 23.9 Å². The minimum Gasteiger partial charge on any atom is -0.506 e. The highest BCUT2D eigenvalue weighted by Gasteiger charge is 2.27. The maximum Gasteiger partial charge on any atom is 0.231 e. The number of benzene rings is 2. The van der Waals surface area contributed by atoms with Crippen LogP contribution in [0.15, 0.2) is 40.9 Å². The Balaban J connectivity index is 1.73. The van der Waals surface area contributed by atoms with E-state index >= 15 is 0 Å². The monoisotopic (exact) mass is 377 g/mol. The number of rotatable bonds is 3. The summed E-state index contributed by atoms with van der Waals surface area (Å²) in [6.45, 7) is 0.308. The molecule has 2 aromatic carbocycles. The average Bonchev–Trinajstić information content (AvgIpc) is 2.56. The number of phenols is 1. The van der Waals surface area contributed by atoms with E-state index in [0.29, 0.717) is 18.7 Å². The van der Waals surface area contributed by atoms with Crippen LogP contribution in [0.2, 0.25) is 0 Å². The topological polar surface area (TPSA) is 67.8 Å². The van der Waals surface area contributed by atoms with Crippen molar-refractivity contribution in [2.24, 2.45) is 5.92 Å². The molecule has 0 aliphatic carbocycles. The molecule has 120 valence electrons. The van der Waals surface area contributed by atoms with Gasteiger partial charge in [0.15, 0.2) is 0 Å².